The van der Waals surface area contributed by atoms with Crippen LogP contribution in [0.1, 0.15) is 16.7 Å². The number of benzene rings is 2. The van der Waals surface area contributed by atoms with Crippen molar-refractivity contribution in [2.45, 2.75) is 18.7 Å². The Morgan fingerprint density at radius 3 is 2.62 bits per heavy atom. The second-order valence-corrected chi connectivity index (χ2v) is 7.26. The van der Waals surface area contributed by atoms with E-state index < -0.39 is 10.0 Å². The molecule has 0 aliphatic carbocycles. The lowest BCUT2D eigenvalue weighted by Gasteiger charge is -2.10. The van der Waals surface area contributed by atoms with Crippen LogP contribution in [0.3, 0.4) is 0 Å². The fraction of sp³-hybridized carbons (Fsp3) is 0.211. The fourth-order valence-corrected chi connectivity index (χ4v) is 3.37. The van der Waals surface area contributed by atoms with Crippen LogP contribution in [-0.2, 0) is 10.0 Å². The third-order valence-electron chi connectivity index (χ3n) is 3.56. The molecule has 138 valence electrons. The van der Waals surface area contributed by atoms with Crippen LogP contribution in [0.5, 0.6) is 11.5 Å². The summed E-state index contributed by atoms with van der Waals surface area (Å²) in [5.74, 6) is 1.09. The van der Waals surface area contributed by atoms with Crippen LogP contribution in [0.2, 0.25) is 0 Å². The van der Waals surface area contributed by atoms with Gasteiger partial charge in [-0.15, -0.1) is 0 Å². The van der Waals surface area contributed by atoms with Gasteiger partial charge in [0.1, 0.15) is 6.61 Å². The van der Waals surface area contributed by atoms with Gasteiger partial charge in [0.25, 0.3) is 10.0 Å². The highest BCUT2D eigenvalue weighted by Gasteiger charge is 2.15. The van der Waals surface area contributed by atoms with Gasteiger partial charge in [0.2, 0.25) is 0 Å². The first-order valence-corrected chi connectivity index (χ1v) is 9.39. The third kappa shape index (κ3) is 4.86. The van der Waals surface area contributed by atoms with Gasteiger partial charge in [0.15, 0.2) is 11.5 Å². The molecule has 2 aromatic carbocycles. The van der Waals surface area contributed by atoms with Crippen molar-refractivity contribution in [3.63, 3.8) is 0 Å². The lowest BCUT2D eigenvalue weighted by molar-refractivity contribution is 0.326. The zero-order valence-electron chi connectivity index (χ0n) is 15.0. The number of ether oxygens (including phenoxy) is 2. The highest BCUT2D eigenvalue weighted by molar-refractivity contribution is 7.89. The van der Waals surface area contributed by atoms with Crippen LogP contribution in [0.25, 0.3) is 0 Å². The Morgan fingerprint density at radius 1 is 1.15 bits per heavy atom. The van der Waals surface area contributed by atoms with Crippen LogP contribution >= 0.6 is 0 Å². The summed E-state index contributed by atoms with van der Waals surface area (Å²) in [6, 6.07) is 10.4. The number of aryl methyl sites for hydroxylation is 2. The minimum Gasteiger partial charge on any atom is -0.493 e. The average molecular weight is 374 g/mol. The van der Waals surface area contributed by atoms with Crippen LogP contribution < -0.4 is 14.3 Å². The molecule has 0 spiro atoms. The quantitative estimate of drug-likeness (QED) is 0.437. The van der Waals surface area contributed by atoms with Gasteiger partial charge in [-0.05, 0) is 54.8 Å². The number of hydrogen-bond donors (Lipinski definition) is 1. The summed E-state index contributed by atoms with van der Waals surface area (Å²) in [4.78, 5) is 2.44. The molecule has 0 bridgehead atoms. The lowest BCUT2D eigenvalue weighted by atomic mass is 10.2. The van der Waals surface area contributed by atoms with Gasteiger partial charge in [-0.1, -0.05) is 24.8 Å². The van der Waals surface area contributed by atoms with Gasteiger partial charge in [0.05, 0.1) is 18.2 Å². The van der Waals surface area contributed by atoms with Gasteiger partial charge >= 0.3 is 0 Å². The smallest absolute Gasteiger partial charge is 0.276 e. The molecule has 7 heteroatoms. The summed E-state index contributed by atoms with van der Waals surface area (Å²) < 4.78 is 35.6. The molecule has 2 rings (SSSR count). The average Bonchev–Trinajstić information content (AvgIpc) is 2.62. The van der Waals surface area contributed by atoms with Crippen LogP contribution in [-0.4, -0.2) is 28.3 Å². The zero-order valence-corrected chi connectivity index (χ0v) is 15.8. The van der Waals surface area contributed by atoms with E-state index >= 15 is 0 Å². The van der Waals surface area contributed by atoms with E-state index in [0.717, 1.165) is 5.56 Å². The second-order valence-electron chi connectivity index (χ2n) is 5.63. The molecule has 1 N–H and O–H groups in total. The van der Waals surface area contributed by atoms with Crippen LogP contribution in [0.4, 0.5) is 0 Å². The molecule has 26 heavy (non-hydrogen) atoms. The summed E-state index contributed by atoms with van der Waals surface area (Å²) in [5, 5.41) is 3.85. The third-order valence-corrected chi connectivity index (χ3v) is 4.93. The first kappa shape index (κ1) is 19.5. The maximum absolute atomic E-state index is 12.4. The zero-order chi connectivity index (χ0) is 19.2. The van der Waals surface area contributed by atoms with Crippen molar-refractivity contribution in [3.8, 4) is 11.5 Å². The maximum atomic E-state index is 12.4. The predicted octanol–water partition coefficient (Wildman–Crippen LogP) is 3.19. The van der Waals surface area contributed by atoms with E-state index in [0.29, 0.717) is 29.2 Å². The summed E-state index contributed by atoms with van der Waals surface area (Å²) in [7, 11) is -2.21. The predicted molar refractivity (Wildman–Crippen MR) is 103 cm³/mol. The molecule has 0 aliphatic rings. The number of hydrazone groups is 1. The summed E-state index contributed by atoms with van der Waals surface area (Å²) in [5.41, 5.74) is 2.18. The second kappa shape index (κ2) is 8.53. The Balaban J connectivity index is 2.17. The Kier molecular flexibility index (Phi) is 6.41. The molecular formula is C19H22N2O4S. The molecule has 0 fully saturated rings. The number of nitrogens with zero attached hydrogens (tertiary/aromatic N) is 1. The van der Waals surface area contributed by atoms with E-state index in [4.69, 9.17) is 9.47 Å². The van der Waals surface area contributed by atoms with E-state index in [2.05, 4.69) is 16.5 Å². The number of methoxy groups -OCH3 is 1. The minimum atomic E-state index is -3.73. The Morgan fingerprint density at radius 2 is 1.92 bits per heavy atom. The molecule has 2 aromatic rings. The Labute approximate surface area is 154 Å². The van der Waals surface area contributed by atoms with Crippen LogP contribution in [0, 0.1) is 13.8 Å². The maximum Gasteiger partial charge on any atom is 0.276 e. The number of hydrogen-bond acceptors (Lipinski definition) is 5. The largest absolute Gasteiger partial charge is 0.493 e. The first-order chi connectivity index (χ1) is 12.4. The normalized spacial score (nSPS) is 11.3. The van der Waals surface area contributed by atoms with Gasteiger partial charge in [-0.3, -0.25) is 0 Å². The standard InChI is InChI=1S/C19H22N2O4S/c1-5-10-25-17-9-8-16(12-18(17)24-4)13-20-21-26(22,23)19-11-14(2)6-7-15(19)3/h5-9,11-13,21H,1,10H2,2-4H3/b20-13+. The van der Waals surface area contributed by atoms with Gasteiger partial charge in [-0.2, -0.15) is 13.5 Å². The summed E-state index contributed by atoms with van der Waals surface area (Å²) in [6.07, 6.45) is 3.04. The lowest BCUT2D eigenvalue weighted by Crippen LogP contribution is -2.19. The highest BCUT2D eigenvalue weighted by atomic mass is 32.2. The van der Waals surface area contributed by atoms with E-state index in [-0.39, 0.29) is 4.90 Å². The van der Waals surface area contributed by atoms with Gasteiger partial charge < -0.3 is 9.47 Å². The molecular weight excluding hydrogens is 352 g/mol. The van der Waals surface area contributed by atoms with E-state index in [1.165, 1.54) is 13.3 Å². The summed E-state index contributed by atoms with van der Waals surface area (Å²) in [6.45, 7) is 7.54. The van der Waals surface area contributed by atoms with Crippen molar-refractivity contribution >= 4 is 16.2 Å². The molecule has 0 amide bonds. The van der Waals surface area contributed by atoms with E-state index in [1.807, 2.05) is 13.0 Å². The van der Waals surface area contributed by atoms with E-state index in [9.17, 15) is 8.42 Å². The molecule has 0 saturated carbocycles. The number of nitrogens with one attached hydrogen (secondary N) is 1. The van der Waals surface area contributed by atoms with Crippen molar-refractivity contribution in [2.75, 3.05) is 13.7 Å². The molecule has 0 aromatic heterocycles. The molecule has 6 nitrogen and oxygen atoms in total. The monoisotopic (exact) mass is 374 g/mol. The van der Waals surface area contributed by atoms with Crippen molar-refractivity contribution in [1.29, 1.82) is 0 Å². The van der Waals surface area contributed by atoms with Gasteiger partial charge in [-0.25, -0.2) is 4.83 Å². The molecule has 0 atom stereocenters. The van der Waals surface area contributed by atoms with Crippen molar-refractivity contribution in [3.05, 3.63) is 65.7 Å². The first-order valence-electron chi connectivity index (χ1n) is 7.91. The number of sulfonamides is 1. The summed E-state index contributed by atoms with van der Waals surface area (Å²) >= 11 is 0. The molecule has 0 saturated heterocycles. The topological polar surface area (TPSA) is 77.0 Å². The molecule has 0 aliphatic heterocycles. The molecule has 0 radical (unpaired) electrons. The molecule has 0 heterocycles. The SMILES string of the molecule is C=CCOc1ccc(/C=N/NS(=O)(=O)c2cc(C)ccc2C)cc1OC. The van der Waals surface area contributed by atoms with Crippen LogP contribution in [0.15, 0.2) is 59.1 Å². The Bertz CT molecular complexity index is 921. The Hall–Kier alpha value is -2.80. The van der Waals surface area contributed by atoms with Crippen molar-refractivity contribution < 1.29 is 17.9 Å². The minimum absolute atomic E-state index is 0.209. The van der Waals surface area contributed by atoms with Crippen molar-refractivity contribution in [1.82, 2.24) is 4.83 Å². The van der Waals surface area contributed by atoms with Crippen molar-refractivity contribution in [2.24, 2.45) is 5.10 Å². The highest BCUT2D eigenvalue weighted by Crippen LogP contribution is 2.27. The van der Waals surface area contributed by atoms with Gasteiger partial charge in [0, 0.05) is 0 Å². The fourth-order valence-electron chi connectivity index (χ4n) is 2.25. The number of rotatable bonds is 8. The van der Waals surface area contributed by atoms with E-state index in [1.54, 1.807) is 43.3 Å². The molecule has 0 unspecified atom stereocenters.